The van der Waals surface area contributed by atoms with Crippen LogP contribution < -0.4 is 9.47 Å². The molecule has 0 amide bonds. The molecule has 0 radical (unpaired) electrons. The van der Waals surface area contributed by atoms with Gasteiger partial charge in [0, 0.05) is 5.56 Å². The molecule has 0 aliphatic rings. The zero-order valence-electron chi connectivity index (χ0n) is 12.8. The van der Waals surface area contributed by atoms with Crippen molar-refractivity contribution in [3.63, 3.8) is 0 Å². The van der Waals surface area contributed by atoms with Crippen molar-refractivity contribution in [1.82, 2.24) is 0 Å². The molecule has 20 heavy (non-hydrogen) atoms. The summed E-state index contributed by atoms with van der Waals surface area (Å²) >= 11 is 6.26. The third-order valence-electron chi connectivity index (χ3n) is 3.60. The molecule has 4 heteroatoms. The van der Waals surface area contributed by atoms with Crippen molar-refractivity contribution in [2.75, 3.05) is 14.2 Å². The Kier molecular flexibility index (Phi) is 7.17. The van der Waals surface area contributed by atoms with Crippen LogP contribution in [-0.4, -0.2) is 19.3 Å². The maximum atomic E-state index is 10.7. The summed E-state index contributed by atoms with van der Waals surface area (Å²) in [4.78, 5) is 0. The SMILES string of the molecule is CCCC(CCC)C(O)c1ccc(OC)c(Cl)c1OC. The molecule has 0 saturated heterocycles. The van der Waals surface area contributed by atoms with E-state index in [0.717, 1.165) is 31.2 Å². The Morgan fingerprint density at radius 3 is 2.15 bits per heavy atom. The highest BCUT2D eigenvalue weighted by molar-refractivity contribution is 6.33. The topological polar surface area (TPSA) is 38.7 Å². The number of aliphatic hydroxyl groups excluding tert-OH is 1. The summed E-state index contributed by atoms with van der Waals surface area (Å²) in [6, 6.07) is 3.62. The molecule has 1 aromatic carbocycles. The second kappa shape index (κ2) is 8.38. The van der Waals surface area contributed by atoms with Crippen molar-refractivity contribution in [2.45, 2.75) is 45.6 Å². The lowest BCUT2D eigenvalue weighted by atomic mass is 9.88. The summed E-state index contributed by atoms with van der Waals surface area (Å²) < 4.78 is 10.6. The minimum atomic E-state index is -0.562. The largest absolute Gasteiger partial charge is 0.495 e. The van der Waals surface area contributed by atoms with Crippen LogP contribution in [0.4, 0.5) is 0 Å². The first-order chi connectivity index (χ1) is 9.60. The van der Waals surface area contributed by atoms with Gasteiger partial charge in [-0.2, -0.15) is 0 Å². The highest BCUT2D eigenvalue weighted by atomic mass is 35.5. The molecule has 1 aromatic rings. The molecule has 0 saturated carbocycles. The standard InChI is InChI=1S/C16H25ClO3/c1-5-7-11(8-6-2)15(18)12-9-10-13(19-3)14(17)16(12)20-4/h9-11,15,18H,5-8H2,1-4H3. The molecule has 3 nitrogen and oxygen atoms in total. The first-order valence-electron chi connectivity index (χ1n) is 7.19. The van der Waals surface area contributed by atoms with Crippen LogP contribution >= 0.6 is 11.6 Å². The van der Waals surface area contributed by atoms with E-state index in [2.05, 4.69) is 13.8 Å². The number of benzene rings is 1. The van der Waals surface area contributed by atoms with Crippen LogP contribution in [0.15, 0.2) is 12.1 Å². The number of aliphatic hydroxyl groups is 1. The second-order valence-electron chi connectivity index (χ2n) is 4.99. The zero-order chi connectivity index (χ0) is 15.1. The van der Waals surface area contributed by atoms with Gasteiger partial charge in [0.2, 0.25) is 0 Å². The average Bonchev–Trinajstić information content (AvgIpc) is 2.46. The third-order valence-corrected chi connectivity index (χ3v) is 3.96. The van der Waals surface area contributed by atoms with Crippen LogP contribution in [0, 0.1) is 5.92 Å². The maximum absolute atomic E-state index is 10.7. The van der Waals surface area contributed by atoms with E-state index in [-0.39, 0.29) is 5.92 Å². The van der Waals surface area contributed by atoms with E-state index in [9.17, 15) is 5.11 Å². The monoisotopic (exact) mass is 300 g/mol. The third kappa shape index (κ3) is 3.80. The molecule has 1 N–H and O–H groups in total. The van der Waals surface area contributed by atoms with Gasteiger partial charge in [0.05, 0.1) is 20.3 Å². The fourth-order valence-corrected chi connectivity index (χ4v) is 2.93. The fraction of sp³-hybridized carbons (Fsp3) is 0.625. The normalized spacial score (nSPS) is 12.6. The summed E-state index contributed by atoms with van der Waals surface area (Å²) in [7, 11) is 3.12. The predicted octanol–water partition coefficient (Wildman–Crippen LogP) is 4.61. The first-order valence-corrected chi connectivity index (χ1v) is 7.56. The quantitative estimate of drug-likeness (QED) is 0.762. The van der Waals surface area contributed by atoms with Gasteiger partial charge in [-0.3, -0.25) is 0 Å². The first kappa shape index (κ1) is 17.1. The van der Waals surface area contributed by atoms with Crippen LogP contribution in [0.2, 0.25) is 5.02 Å². The molecule has 0 bridgehead atoms. The lowest BCUT2D eigenvalue weighted by molar-refractivity contribution is 0.0937. The van der Waals surface area contributed by atoms with Gasteiger partial charge in [0.1, 0.15) is 16.5 Å². The number of hydrogen-bond donors (Lipinski definition) is 1. The van der Waals surface area contributed by atoms with Crippen molar-refractivity contribution >= 4 is 11.6 Å². The van der Waals surface area contributed by atoms with E-state index in [1.807, 2.05) is 6.07 Å². The minimum absolute atomic E-state index is 0.225. The lowest BCUT2D eigenvalue weighted by Gasteiger charge is -2.25. The van der Waals surface area contributed by atoms with Crippen molar-refractivity contribution in [1.29, 1.82) is 0 Å². The van der Waals surface area contributed by atoms with E-state index in [0.29, 0.717) is 16.5 Å². The number of methoxy groups -OCH3 is 2. The van der Waals surface area contributed by atoms with E-state index in [1.165, 1.54) is 0 Å². The van der Waals surface area contributed by atoms with Crippen LogP contribution in [0.1, 0.15) is 51.2 Å². The van der Waals surface area contributed by atoms with E-state index in [4.69, 9.17) is 21.1 Å². The maximum Gasteiger partial charge on any atom is 0.147 e. The second-order valence-corrected chi connectivity index (χ2v) is 5.36. The fourth-order valence-electron chi connectivity index (χ4n) is 2.61. The van der Waals surface area contributed by atoms with E-state index in [1.54, 1.807) is 20.3 Å². The summed E-state index contributed by atoms with van der Waals surface area (Å²) in [5.41, 5.74) is 0.741. The van der Waals surface area contributed by atoms with Gasteiger partial charge in [-0.25, -0.2) is 0 Å². The summed E-state index contributed by atoms with van der Waals surface area (Å²) in [5.74, 6) is 1.29. The predicted molar refractivity (Wildman–Crippen MR) is 82.8 cm³/mol. The Balaban J connectivity index is 3.13. The number of rotatable bonds is 8. The Bertz CT molecular complexity index is 414. The summed E-state index contributed by atoms with van der Waals surface area (Å²) in [5, 5.41) is 11.1. The van der Waals surface area contributed by atoms with Gasteiger partial charge in [-0.15, -0.1) is 0 Å². The Morgan fingerprint density at radius 1 is 1.10 bits per heavy atom. The molecule has 0 aliphatic carbocycles. The molecule has 0 fully saturated rings. The summed E-state index contributed by atoms with van der Waals surface area (Å²) in [6.07, 6.45) is 3.51. The van der Waals surface area contributed by atoms with Gasteiger partial charge < -0.3 is 14.6 Å². The molecule has 114 valence electrons. The molecule has 1 atom stereocenters. The van der Waals surface area contributed by atoms with Gasteiger partial charge in [-0.05, 0) is 30.9 Å². The zero-order valence-corrected chi connectivity index (χ0v) is 13.5. The number of halogens is 1. The average molecular weight is 301 g/mol. The number of ether oxygens (including phenoxy) is 2. The van der Waals surface area contributed by atoms with Crippen LogP contribution in [0.5, 0.6) is 11.5 Å². The Morgan fingerprint density at radius 2 is 1.70 bits per heavy atom. The van der Waals surface area contributed by atoms with Crippen molar-refractivity contribution in [3.05, 3.63) is 22.7 Å². The van der Waals surface area contributed by atoms with Crippen molar-refractivity contribution < 1.29 is 14.6 Å². The molecule has 0 spiro atoms. The van der Waals surface area contributed by atoms with Crippen LogP contribution in [-0.2, 0) is 0 Å². The van der Waals surface area contributed by atoms with Crippen molar-refractivity contribution in [2.24, 2.45) is 5.92 Å². The van der Waals surface area contributed by atoms with E-state index >= 15 is 0 Å². The molecule has 0 aliphatic heterocycles. The molecule has 0 aromatic heterocycles. The van der Waals surface area contributed by atoms with Crippen LogP contribution in [0.25, 0.3) is 0 Å². The van der Waals surface area contributed by atoms with Crippen molar-refractivity contribution in [3.8, 4) is 11.5 Å². The lowest BCUT2D eigenvalue weighted by Crippen LogP contribution is -2.14. The highest BCUT2D eigenvalue weighted by Gasteiger charge is 2.25. The molecule has 0 heterocycles. The summed E-state index contributed by atoms with van der Waals surface area (Å²) in [6.45, 7) is 4.27. The van der Waals surface area contributed by atoms with E-state index < -0.39 is 6.10 Å². The Labute approximate surface area is 126 Å². The van der Waals surface area contributed by atoms with Crippen LogP contribution in [0.3, 0.4) is 0 Å². The Hall–Kier alpha value is -0.930. The smallest absolute Gasteiger partial charge is 0.147 e. The van der Waals surface area contributed by atoms with Gasteiger partial charge in [0.15, 0.2) is 0 Å². The number of hydrogen-bond acceptors (Lipinski definition) is 3. The minimum Gasteiger partial charge on any atom is -0.495 e. The molecular weight excluding hydrogens is 276 g/mol. The van der Waals surface area contributed by atoms with Gasteiger partial charge in [-0.1, -0.05) is 38.3 Å². The molecule has 1 unspecified atom stereocenters. The van der Waals surface area contributed by atoms with Gasteiger partial charge in [0.25, 0.3) is 0 Å². The highest BCUT2D eigenvalue weighted by Crippen LogP contribution is 2.42. The molecule has 1 rings (SSSR count). The molecular formula is C16H25ClO3. The van der Waals surface area contributed by atoms with Gasteiger partial charge >= 0.3 is 0 Å².